The molecule has 0 bridgehead atoms. The Morgan fingerprint density at radius 3 is 2.84 bits per heavy atom. The number of fused-ring (bicyclic) bond motifs is 1. The lowest BCUT2D eigenvalue weighted by atomic mass is 10.1. The summed E-state index contributed by atoms with van der Waals surface area (Å²) in [6.07, 6.45) is 5.47. The van der Waals surface area contributed by atoms with Gasteiger partial charge in [-0.15, -0.1) is 0 Å². The molecule has 2 aromatic heterocycles. The van der Waals surface area contributed by atoms with Gasteiger partial charge in [-0.05, 0) is 31.9 Å². The van der Waals surface area contributed by atoms with Crippen LogP contribution in [0.2, 0.25) is 0 Å². The van der Waals surface area contributed by atoms with Gasteiger partial charge < -0.3 is 14.4 Å². The first-order valence-electron chi connectivity index (χ1n) is 9.20. The molecule has 0 amide bonds. The molecular weight excluding hydrogens is 316 g/mol. The fourth-order valence-corrected chi connectivity index (χ4v) is 3.71. The molecule has 1 fully saturated rings. The Morgan fingerprint density at radius 2 is 2.16 bits per heavy atom. The number of methoxy groups -OCH3 is 1. The van der Waals surface area contributed by atoms with Crippen LogP contribution in [0.3, 0.4) is 0 Å². The van der Waals surface area contributed by atoms with Crippen LogP contribution in [0.4, 0.5) is 5.82 Å². The summed E-state index contributed by atoms with van der Waals surface area (Å²) in [5.41, 5.74) is 3.24. The topological polar surface area (TPSA) is 52.4 Å². The molecule has 134 valence electrons. The van der Waals surface area contributed by atoms with Crippen molar-refractivity contribution in [2.45, 2.75) is 51.9 Å². The quantitative estimate of drug-likeness (QED) is 0.855. The van der Waals surface area contributed by atoms with Crippen LogP contribution in [0, 0.1) is 0 Å². The zero-order chi connectivity index (χ0) is 17.4. The van der Waals surface area contributed by atoms with Crippen molar-refractivity contribution in [3.05, 3.63) is 23.9 Å². The summed E-state index contributed by atoms with van der Waals surface area (Å²) in [5, 5.41) is 4.80. The Balaban J connectivity index is 1.60. The molecule has 6 nitrogen and oxygen atoms in total. The highest BCUT2D eigenvalue weighted by molar-refractivity contribution is 5.66. The lowest BCUT2D eigenvalue weighted by molar-refractivity contribution is 0.121. The number of nitrogens with zero attached hydrogens (tertiary/aromatic N) is 4. The second kappa shape index (κ2) is 6.67. The van der Waals surface area contributed by atoms with Gasteiger partial charge in [0, 0.05) is 50.5 Å². The van der Waals surface area contributed by atoms with Crippen LogP contribution in [-0.4, -0.2) is 47.2 Å². The Bertz CT molecular complexity index is 741. The maximum Gasteiger partial charge on any atom is 0.215 e. The van der Waals surface area contributed by atoms with Crippen LogP contribution in [0.15, 0.2) is 18.3 Å². The van der Waals surface area contributed by atoms with Gasteiger partial charge in [0.2, 0.25) is 5.88 Å². The van der Waals surface area contributed by atoms with E-state index in [1.807, 2.05) is 10.9 Å². The monoisotopic (exact) mass is 342 g/mol. The highest BCUT2D eigenvalue weighted by Gasteiger charge is 2.26. The first-order chi connectivity index (χ1) is 12.2. The summed E-state index contributed by atoms with van der Waals surface area (Å²) < 4.78 is 13.5. The molecule has 4 rings (SSSR count). The molecule has 6 heteroatoms. The summed E-state index contributed by atoms with van der Waals surface area (Å²) in [6.45, 7) is 7.10. The van der Waals surface area contributed by atoms with Crippen molar-refractivity contribution in [1.29, 1.82) is 0 Å². The standard InChI is InChI=1S/C19H26N4O2/c1-4-16-18(21-23-10-7-13(2)25-19(16)23)14-5-6-17(20-11-14)22-9-8-15(12-22)24-3/h5-6,11,13,15H,4,7-10,12H2,1-3H3/t13-,15+/m1/s1. The lowest BCUT2D eigenvalue weighted by Gasteiger charge is -2.22. The third-order valence-corrected chi connectivity index (χ3v) is 5.24. The van der Waals surface area contributed by atoms with E-state index in [2.05, 4.69) is 35.9 Å². The average Bonchev–Trinajstić information content (AvgIpc) is 3.26. The predicted octanol–water partition coefficient (Wildman–Crippen LogP) is 2.90. The van der Waals surface area contributed by atoms with Gasteiger partial charge in [0.15, 0.2) is 0 Å². The molecule has 0 saturated carbocycles. The SMILES string of the molecule is CCc1c(-c2ccc(N3CC[C@H](OC)C3)nc2)nn2c1O[C@H](C)CC2. The molecule has 4 heterocycles. The summed E-state index contributed by atoms with van der Waals surface area (Å²) in [4.78, 5) is 6.96. The van der Waals surface area contributed by atoms with Crippen LogP contribution in [0.1, 0.15) is 32.3 Å². The molecule has 1 saturated heterocycles. The van der Waals surface area contributed by atoms with Gasteiger partial charge in [-0.1, -0.05) is 6.92 Å². The van der Waals surface area contributed by atoms with Crippen molar-refractivity contribution in [1.82, 2.24) is 14.8 Å². The zero-order valence-corrected chi connectivity index (χ0v) is 15.2. The van der Waals surface area contributed by atoms with Crippen LogP contribution < -0.4 is 9.64 Å². The van der Waals surface area contributed by atoms with E-state index >= 15 is 0 Å². The van der Waals surface area contributed by atoms with Gasteiger partial charge in [-0.3, -0.25) is 0 Å². The molecule has 0 spiro atoms. The van der Waals surface area contributed by atoms with Crippen LogP contribution in [0.25, 0.3) is 11.3 Å². The third kappa shape index (κ3) is 2.99. The number of hydrogen-bond acceptors (Lipinski definition) is 5. The second-order valence-electron chi connectivity index (χ2n) is 6.92. The molecule has 2 aliphatic heterocycles. The molecule has 2 aliphatic rings. The predicted molar refractivity (Wildman–Crippen MR) is 97.2 cm³/mol. The lowest BCUT2D eigenvalue weighted by Crippen LogP contribution is -2.23. The van der Waals surface area contributed by atoms with E-state index in [0.29, 0.717) is 6.10 Å². The van der Waals surface area contributed by atoms with Gasteiger partial charge in [0.1, 0.15) is 11.5 Å². The first kappa shape index (κ1) is 16.4. The molecule has 25 heavy (non-hydrogen) atoms. The van der Waals surface area contributed by atoms with E-state index in [-0.39, 0.29) is 6.10 Å². The van der Waals surface area contributed by atoms with Crippen molar-refractivity contribution >= 4 is 5.82 Å². The fourth-order valence-electron chi connectivity index (χ4n) is 3.71. The minimum absolute atomic E-state index is 0.256. The van der Waals surface area contributed by atoms with Gasteiger partial charge in [0.25, 0.3) is 0 Å². The van der Waals surface area contributed by atoms with Gasteiger partial charge in [-0.25, -0.2) is 9.67 Å². The number of anilines is 1. The second-order valence-corrected chi connectivity index (χ2v) is 6.92. The number of pyridine rings is 1. The van der Waals surface area contributed by atoms with Crippen molar-refractivity contribution in [2.24, 2.45) is 0 Å². The number of hydrogen-bond donors (Lipinski definition) is 0. The molecule has 0 radical (unpaired) electrons. The Labute approximate surface area is 148 Å². The molecule has 2 aromatic rings. The minimum atomic E-state index is 0.256. The Morgan fingerprint density at radius 1 is 1.28 bits per heavy atom. The van der Waals surface area contributed by atoms with Gasteiger partial charge in [-0.2, -0.15) is 5.10 Å². The van der Waals surface area contributed by atoms with E-state index in [4.69, 9.17) is 14.6 Å². The largest absolute Gasteiger partial charge is 0.475 e. The number of aryl methyl sites for hydroxylation is 1. The van der Waals surface area contributed by atoms with E-state index in [0.717, 1.165) is 61.9 Å². The van der Waals surface area contributed by atoms with Crippen molar-refractivity contribution in [3.63, 3.8) is 0 Å². The third-order valence-electron chi connectivity index (χ3n) is 5.24. The molecule has 0 aliphatic carbocycles. The number of aromatic nitrogens is 3. The van der Waals surface area contributed by atoms with Crippen LogP contribution >= 0.6 is 0 Å². The summed E-state index contributed by atoms with van der Waals surface area (Å²) >= 11 is 0. The Hall–Kier alpha value is -2.08. The highest BCUT2D eigenvalue weighted by atomic mass is 16.5. The van der Waals surface area contributed by atoms with Crippen molar-refractivity contribution in [2.75, 3.05) is 25.1 Å². The average molecular weight is 342 g/mol. The van der Waals surface area contributed by atoms with E-state index in [1.54, 1.807) is 7.11 Å². The maximum absolute atomic E-state index is 6.04. The fraction of sp³-hybridized carbons (Fsp3) is 0.579. The molecule has 0 unspecified atom stereocenters. The van der Waals surface area contributed by atoms with Crippen molar-refractivity contribution < 1.29 is 9.47 Å². The normalized spacial score (nSPS) is 22.8. The first-order valence-corrected chi connectivity index (χ1v) is 9.20. The summed E-state index contributed by atoms with van der Waals surface area (Å²) in [6, 6.07) is 4.22. The summed E-state index contributed by atoms with van der Waals surface area (Å²) in [7, 11) is 1.78. The zero-order valence-electron chi connectivity index (χ0n) is 15.2. The Kier molecular flexibility index (Phi) is 4.37. The molecule has 2 atom stereocenters. The molecular formula is C19H26N4O2. The summed E-state index contributed by atoms with van der Waals surface area (Å²) in [5.74, 6) is 1.94. The van der Waals surface area contributed by atoms with Crippen LogP contribution in [-0.2, 0) is 17.7 Å². The van der Waals surface area contributed by atoms with E-state index in [1.165, 1.54) is 5.56 Å². The smallest absolute Gasteiger partial charge is 0.215 e. The van der Waals surface area contributed by atoms with E-state index in [9.17, 15) is 0 Å². The van der Waals surface area contributed by atoms with Gasteiger partial charge in [0.05, 0.1) is 12.2 Å². The highest BCUT2D eigenvalue weighted by Crippen LogP contribution is 2.34. The van der Waals surface area contributed by atoms with Crippen LogP contribution in [0.5, 0.6) is 5.88 Å². The van der Waals surface area contributed by atoms with Gasteiger partial charge >= 0.3 is 0 Å². The van der Waals surface area contributed by atoms with E-state index < -0.39 is 0 Å². The molecule has 0 aromatic carbocycles. The van der Waals surface area contributed by atoms with Crippen molar-refractivity contribution in [3.8, 4) is 17.1 Å². The number of rotatable bonds is 4. The molecule has 0 N–H and O–H groups in total. The minimum Gasteiger partial charge on any atom is -0.475 e. The number of ether oxygens (including phenoxy) is 2. The maximum atomic E-state index is 6.04.